The topological polar surface area (TPSA) is 66.4 Å². The molecule has 0 spiro atoms. The van der Waals surface area contributed by atoms with Gasteiger partial charge in [-0.05, 0) is 63.1 Å². The van der Waals surface area contributed by atoms with Gasteiger partial charge in [-0.1, -0.05) is 28.8 Å². The van der Waals surface area contributed by atoms with Crippen LogP contribution in [0.5, 0.6) is 0 Å². The normalized spacial score (nSPS) is 28.1. The van der Waals surface area contributed by atoms with Gasteiger partial charge in [0, 0.05) is 10.7 Å². The number of halogens is 1. The predicted molar refractivity (Wildman–Crippen MR) is 94.0 cm³/mol. The van der Waals surface area contributed by atoms with E-state index in [-0.39, 0.29) is 17.7 Å². The Morgan fingerprint density at radius 3 is 2.33 bits per heavy atom. The number of carboxylic acids is 1. The smallest absolute Gasteiger partial charge is 0.307 e. The molecule has 1 amide bonds. The molecule has 4 atom stereocenters. The number of carbonyl (C=O) groups is 2. The lowest BCUT2D eigenvalue weighted by Crippen LogP contribution is -2.37. The molecule has 1 aromatic carbocycles. The van der Waals surface area contributed by atoms with E-state index >= 15 is 0 Å². The van der Waals surface area contributed by atoms with E-state index in [1.54, 1.807) is 12.1 Å². The molecule has 2 fully saturated rings. The Bertz CT molecular complexity index is 736. The molecule has 2 bridgehead atoms. The molecule has 2 N–H and O–H groups in total. The largest absolute Gasteiger partial charge is 0.481 e. The van der Waals surface area contributed by atoms with Gasteiger partial charge in [0.25, 0.3) is 0 Å². The summed E-state index contributed by atoms with van der Waals surface area (Å²) in [6, 6.07) is 5.35. The summed E-state index contributed by atoms with van der Waals surface area (Å²) in [5.41, 5.74) is 3.89. The fraction of sp³-hybridized carbons (Fsp3) is 0.474. The number of amides is 1. The summed E-state index contributed by atoms with van der Waals surface area (Å²) >= 11 is 6.11. The van der Waals surface area contributed by atoms with Gasteiger partial charge >= 0.3 is 5.97 Å². The highest BCUT2D eigenvalue weighted by atomic mass is 35.5. The number of anilines is 1. The molecule has 0 radical (unpaired) electrons. The Labute approximate surface area is 146 Å². The summed E-state index contributed by atoms with van der Waals surface area (Å²) in [4.78, 5) is 24.6. The van der Waals surface area contributed by atoms with Crippen LogP contribution >= 0.6 is 11.6 Å². The highest BCUT2D eigenvalue weighted by Gasteiger charge is 2.57. The van der Waals surface area contributed by atoms with Gasteiger partial charge in [-0.15, -0.1) is 0 Å². The first-order valence-electron chi connectivity index (χ1n) is 8.28. The number of allylic oxidation sites excluding steroid dienone is 2. The first-order valence-corrected chi connectivity index (χ1v) is 8.66. The van der Waals surface area contributed by atoms with E-state index in [9.17, 15) is 14.7 Å². The molecule has 128 valence electrons. The van der Waals surface area contributed by atoms with Crippen LogP contribution in [0.1, 0.15) is 32.3 Å². The lowest BCUT2D eigenvalue weighted by atomic mass is 9.78. The van der Waals surface area contributed by atoms with Crippen molar-refractivity contribution in [2.45, 2.75) is 33.6 Å². The maximum atomic E-state index is 12.8. The van der Waals surface area contributed by atoms with Crippen molar-refractivity contribution in [2.75, 3.05) is 5.32 Å². The molecule has 2 aliphatic rings. The number of benzene rings is 1. The summed E-state index contributed by atoms with van der Waals surface area (Å²) in [6.45, 7) is 5.92. The van der Waals surface area contributed by atoms with E-state index in [0.29, 0.717) is 10.7 Å². The standard InChI is InChI=1S/C19H22ClNO3/c1-9(2)15-12-6-7-13(15)17(19(23)24)16(12)18(22)21-11-5-4-10(3)14(20)8-11/h4-5,8,12-13,16-17H,6-7H2,1-3H3,(H,21,22)(H,23,24)/t12-,13-,16-,17+/m1/s1. The van der Waals surface area contributed by atoms with Crippen LogP contribution in [0, 0.1) is 30.6 Å². The number of fused-ring (bicyclic) bond motifs is 2. The molecular formula is C19H22ClNO3. The highest BCUT2D eigenvalue weighted by Crippen LogP contribution is 2.57. The quantitative estimate of drug-likeness (QED) is 0.802. The van der Waals surface area contributed by atoms with E-state index in [0.717, 1.165) is 24.0 Å². The lowest BCUT2D eigenvalue weighted by molar-refractivity contribution is -0.148. The third kappa shape index (κ3) is 2.73. The third-order valence-electron chi connectivity index (χ3n) is 5.45. The average Bonchev–Trinajstić information content (AvgIpc) is 3.06. The molecule has 0 aromatic heterocycles. The Kier molecular flexibility index (Phi) is 4.43. The first kappa shape index (κ1) is 17.0. The third-order valence-corrected chi connectivity index (χ3v) is 5.85. The first-order chi connectivity index (χ1) is 11.3. The van der Waals surface area contributed by atoms with Gasteiger partial charge in [0.1, 0.15) is 0 Å². The second-order valence-electron chi connectivity index (χ2n) is 7.09. The number of carboxylic acid groups (broad SMARTS) is 1. The molecule has 2 aliphatic carbocycles. The molecule has 4 nitrogen and oxygen atoms in total. The zero-order valence-corrected chi connectivity index (χ0v) is 14.9. The Morgan fingerprint density at radius 1 is 1.17 bits per heavy atom. The monoisotopic (exact) mass is 347 g/mol. The van der Waals surface area contributed by atoms with Crippen molar-refractivity contribution in [3.05, 3.63) is 39.9 Å². The molecule has 0 unspecified atom stereocenters. The van der Waals surface area contributed by atoms with E-state index in [1.165, 1.54) is 5.57 Å². The maximum Gasteiger partial charge on any atom is 0.307 e. The Hall–Kier alpha value is -1.81. The number of aryl methyl sites for hydroxylation is 1. The summed E-state index contributed by atoms with van der Waals surface area (Å²) < 4.78 is 0. The van der Waals surface area contributed by atoms with E-state index in [2.05, 4.69) is 5.32 Å². The van der Waals surface area contributed by atoms with E-state index in [1.807, 2.05) is 26.8 Å². The molecule has 24 heavy (non-hydrogen) atoms. The van der Waals surface area contributed by atoms with Gasteiger partial charge in [-0.3, -0.25) is 9.59 Å². The van der Waals surface area contributed by atoms with Gasteiger partial charge in [0.2, 0.25) is 5.91 Å². The van der Waals surface area contributed by atoms with Gasteiger partial charge in [0.05, 0.1) is 11.8 Å². The van der Waals surface area contributed by atoms with Crippen molar-refractivity contribution >= 4 is 29.2 Å². The fourth-order valence-electron chi connectivity index (χ4n) is 4.50. The molecule has 0 saturated heterocycles. The number of hydrogen-bond donors (Lipinski definition) is 2. The predicted octanol–water partition coefficient (Wildman–Crippen LogP) is 4.28. The second-order valence-corrected chi connectivity index (χ2v) is 7.50. The van der Waals surface area contributed by atoms with Crippen molar-refractivity contribution in [1.29, 1.82) is 0 Å². The van der Waals surface area contributed by atoms with E-state index < -0.39 is 17.8 Å². The Morgan fingerprint density at radius 2 is 1.79 bits per heavy atom. The number of nitrogens with one attached hydrogen (secondary N) is 1. The van der Waals surface area contributed by atoms with Crippen LogP contribution in [-0.4, -0.2) is 17.0 Å². The van der Waals surface area contributed by atoms with Crippen molar-refractivity contribution in [3.63, 3.8) is 0 Å². The van der Waals surface area contributed by atoms with Crippen LogP contribution in [-0.2, 0) is 9.59 Å². The van der Waals surface area contributed by atoms with Crippen LogP contribution < -0.4 is 5.32 Å². The van der Waals surface area contributed by atoms with Crippen LogP contribution in [0.4, 0.5) is 5.69 Å². The van der Waals surface area contributed by atoms with Crippen molar-refractivity contribution in [3.8, 4) is 0 Å². The fourth-order valence-corrected chi connectivity index (χ4v) is 4.68. The molecular weight excluding hydrogens is 326 g/mol. The van der Waals surface area contributed by atoms with Crippen LogP contribution in [0.3, 0.4) is 0 Å². The number of aliphatic carboxylic acids is 1. The highest BCUT2D eigenvalue weighted by molar-refractivity contribution is 6.31. The second kappa shape index (κ2) is 6.25. The molecule has 3 rings (SSSR count). The molecule has 2 saturated carbocycles. The van der Waals surface area contributed by atoms with Gasteiger partial charge < -0.3 is 10.4 Å². The van der Waals surface area contributed by atoms with E-state index in [4.69, 9.17) is 11.6 Å². The lowest BCUT2D eigenvalue weighted by Gasteiger charge is -2.26. The summed E-state index contributed by atoms with van der Waals surface area (Å²) in [7, 11) is 0. The van der Waals surface area contributed by atoms with Crippen molar-refractivity contribution < 1.29 is 14.7 Å². The molecule has 0 heterocycles. The minimum atomic E-state index is -0.872. The SMILES string of the molecule is CC(C)=C1[C@H]2CC[C@H]1[C@@H](C(=O)Nc1ccc(C)c(Cl)c1)[C@H]2C(=O)O. The average molecular weight is 348 g/mol. The molecule has 0 aliphatic heterocycles. The number of carbonyl (C=O) groups excluding carboxylic acids is 1. The summed E-state index contributed by atoms with van der Waals surface area (Å²) in [6.07, 6.45) is 1.75. The van der Waals surface area contributed by atoms with Gasteiger partial charge in [-0.2, -0.15) is 0 Å². The maximum absolute atomic E-state index is 12.8. The Balaban J connectivity index is 1.89. The zero-order valence-electron chi connectivity index (χ0n) is 14.1. The van der Waals surface area contributed by atoms with Gasteiger partial charge in [0.15, 0.2) is 0 Å². The number of rotatable bonds is 3. The van der Waals surface area contributed by atoms with Crippen LogP contribution in [0.25, 0.3) is 0 Å². The zero-order chi connectivity index (χ0) is 17.6. The van der Waals surface area contributed by atoms with Gasteiger partial charge in [-0.25, -0.2) is 0 Å². The summed E-state index contributed by atoms with van der Waals surface area (Å²) in [5.74, 6) is -2.19. The van der Waals surface area contributed by atoms with Crippen LogP contribution in [0.15, 0.2) is 29.3 Å². The molecule has 5 heteroatoms. The van der Waals surface area contributed by atoms with Crippen LogP contribution in [0.2, 0.25) is 5.02 Å². The number of hydrogen-bond acceptors (Lipinski definition) is 2. The summed E-state index contributed by atoms with van der Waals surface area (Å²) in [5, 5.41) is 13.1. The minimum absolute atomic E-state index is 0.00476. The van der Waals surface area contributed by atoms with Crippen molar-refractivity contribution in [2.24, 2.45) is 23.7 Å². The van der Waals surface area contributed by atoms with Crippen molar-refractivity contribution in [1.82, 2.24) is 0 Å². The molecule has 1 aromatic rings. The minimum Gasteiger partial charge on any atom is -0.481 e.